The maximum atomic E-state index is 11.5. The summed E-state index contributed by atoms with van der Waals surface area (Å²) in [5.41, 5.74) is 0.574. The van der Waals surface area contributed by atoms with Crippen molar-refractivity contribution in [3.8, 4) is 0 Å². The minimum atomic E-state index is -0.299. The molecule has 1 rings (SSSR count). The number of carbonyl (C=O) groups excluding carboxylic acids is 1. The largest absolute Gasteiger partial charge is 0.458 e. The number of rotatable bonds is 8. The third-order valence-corrected chi connectivity index (χ3v) is 2.34. The Labute approximate surface area is 108 Å². The van der Waals surface area contributed by atoms with Gasteiger partial charge in [-0.1, -0.05) is 37.6 Å². The first-order valence-electron chi connectivity index (χ1n) is 6.29. The van der Waals surface area contributed by atoms with Crippen molar-refractivity contribution in [2.75, 3.05) is 19.8 Å². The second-order valence-corrected chi connectivity index (χ2v) is 3.86. The summed E-state index contributed by atoms with van der Waals surface area (Å²) in [5, 5.41) is 0. The summed E-state index contributed by atoms with van der Waals surface area (Å²) in [7, 11) is 0. The number of hydrogen-bond donors (Lipinski definition) is 0. The van der Waals surface area contributed by atoms with Gasteiger partial charge in [-0.25, -0.2) is 4.79 Å². The Morgan fingerprint density at radius 2 is 1.89 bits per heavy atom. The van der Waals surface area contributed by atoms with E-state index in [4.69, 9.17) is 9.47 Å². The van der Waals surface area contributed by atoms with Gasteiger partial charge >= 0.3 is 5.97 Å². The summed E-state index contributed by atoms with van der Waals surface area (Å²) in [5.74, 6) is -0.299. The zero-order chi connectivity index (χ0) is 13.1. The van der Waals surface area contributed by atoms with Gasteiger partial charge in [0.05, 0.1) is 12.2 Å². The predicted octanol–water partition coefficient (Wildman–Crippen LogP) is 3.22. The lowest BCUT2D eigenvalue weighted by molar-refractivity contribution is 0.0548. The van der Waals surface area contributed by atoms with Crippen molar-refractivity contribution < 1.29 is 14.3 Å². The summed E-state index contributed by atoms with van der Waals surface area (Å²) >= 11 is 0. The molecule has 0 aliphatic heterocycles. The molecule has 3 heteroatoms. The van der Waals surface area contributed by atoms with E-state index in [0.717, 1.165) is 19.4 Å². The fraction of sp³-hybridized carbons (Fsp3) is 0.400. The van der Waals surface area contributed by atoms with Gasteiger partial charge in [-0.2, -0.15) is 0 Å². The summed E-state index contributed by atoms with van der Waals surface area (Å²) < 4.78 is 10.4. The fourth-order valence-electron chi connectivity index (χ4n) is 1.32. The van der Waals surface area contributed by atoms with Gasteiger partial charge in [-0.15, -0.1) is 0 Å². The molecule has 0 radical (unpaired) electrons. The Kier molecular flexibility index (Phi) is 7.57. The van der Waals surface area contributed by atoms with Crippen LogP contribution < -0.4 is 0 Å². The number of benzene rings is 1. The van der Waals surface area contributed by atoms with Crippen molar-refractivity contribution in [3.05, 3.63) is 48.0 Å². The Balaban J connectivity index is 2.10. The molecule has 0 unspecified atom stereocenters. The first-order valence-corrected chi connectivity index (χ1v) is 6.29. The van der Waals surface area contributed by atoms with Crippen molar-refractivity contribution in [3.63, 3.8) is 0 Å². The molecule has 0 N–H and O–H groups in total. The molecule has 0 atom stereocenters. The van der Waals surface area contributed by atoms with Crippen LogP contribution in [0.2, 0.25) is 0 Å². The molecule has 0 spiro atoms. The maximum absolute atomic E-state index is 11.5. The molecular weight excluding hydrogens is 228 g/mol. The van der Waals surface area contributed by atoms with Gasteiger partial charge in [-0.3, -0.25) is 0 Å². The lowest BCUT2D eigenvalue weighted by Crippen LogP contribution is -2.04. The molecular formula is C15H20O3. The Morgan fingerprint density at radius 3 is 2.61 bits per heavy atom. The molecule has 0 saturated carbocycles. The minimum absolute atomic E-state index is 0.283. The summed E-state index contributed by atoms with van der Waals surface area (Å²) in [6.07, 6.45) is 5.88. The normalized spacial score (nSPS) is 10.7. The van der Waals surface area contributed by atoms with Crippen LogP contribution in [0.15, 0.2) is 42.5 Å². The van der Waals surface area contributed by atoms with Gasteiger partial charge in [0, 0.05) is 6.61 Å². The third-order valence-electron chi connectivity index (χ3n) is 2.34. The highest BCUT2D eigenvalue weighted by molar-refractivity contribution is 5.89. The van der Waals surface area contributed by atoms with Crippen molar-refractivity contribution >= 4 is 5.97 Å². The zero-order valence-corrected chi connectivity index (χ0v) is 10.8. The first kappa shape index (κ1) is 14.5. The van der Waals surface area contributed by atoms with Crippen LogP contribution in [0.5, 0.6) is 0 Å². The van der Waals surface area contributed by atoms with Crippen molar-refractivity contribution in [2.45, 2.75) is 19.8 Å². The molecule has 0 heterocycles. The second kappa shape index (κ2) is 9.42. The number of esters is 1. The van der Waals surface area contributed by atoms with Crippen LogP contribution in [0, 0.1) is 0 Å². The summed E-state index contributed by atoms with van der Waals surface area (Å²) in [6.45, 7) is 3.76. The lowest BCUT2D eigenvalue weighted by Gasteiger charge is -2.01. The van der Waals surface area contributed by atoms with E-state index < -0.39 is 0 Å². The molecule has 0 aliphatic carbocycles. The first-order chi connectivity index (χ1) is 8.84. The molecule has 0 saturated heterocycles. The van der Waals surface area contributed by atoms with E-state index in [-0.39, 0.29) is 12.6 Å². The van der Waals surface area contributed by atoms with Gasteiger partial charge in [0.1, 0.15) is 6.61 Å². The van der Waals surface area contributed by atoms with Crippen molar-refractivity contribution in [1.82, 2.24) is 0 Å². The Bertz CT molecular complexity index is 357. The monoisotopic (exact) mass is 248 g/mol. The highest BCUT2D eigenvalue weighted by atomic mass is 16.5. The number of unbranched alkanes of at least 4 members (excludes halogenated alkanes) is 1. The van der Waals surface area contributed by atoms with Gasteiger partial charge < -0.3 is 9.47 Å². The summed E-state index contributed by atoms with van der Waals surface area (Å²) in [6, 6.07) is 8.96. The highest BCUT2D eigenvalue weighted by Gasteiger charge is 2.03. The SMILES string of the molecule is CCCCOC/C=C/COC(=O)c1ccccc1. The maximum Gasteiger partial charge on any atom is 0.338 e. The Hall–Kier alpha value is -1.61. The van der Waals surface area contributed by atoms with Crippen molar-refractivity contribution in [1.29, 1.82) is 0 Å². The standard InChI is InChI=1S/C15H20O3/c1-2-3-11-17-12-7-8-13-18-15(16)14-9-5-4-6-10-14/h4-10H,2-3,11-13H2,1H3/b8-7+. The van der Waals surface area contributed by atoms with E-state index in [0.29, 0.717) is 12.2 Å². The van der Waals surface area contributed by atoms with Crippen LogP contribution in [0.3, 0.4) is 0 Å². The molecule has 0 aliphatic rings. The van der Waals surface area contributed by atoms with Gasteiger partial charge in [0.25, 0.3) is 0 Å². The van der Waals surface area contributed by atoms with Crippen LogP contribution in [0.4, 0.5) is 0 Å². The zero-order valence-electron chi connectivity index (χ0n) is 10.8. The molecule has 0 aromatic heterocycles. The van der Waals surface area contributed by atoms with Crippen LogP contribution in [-0.2, 0) is 9.47 Å². The number of hydrogen-bond acceptors (Lipinski definition) is 3. The van der Waals surface area contributed by atoms with Gasteiger partial charge in [-0.05, 0) is 24.6 Å². The predicted molar refractivity (Wildman–Crippen MR) is 71.6 cm³/mol. The molecule has 1 aromatic carbocycles. The smallest absolute Gasteiger partial charge is 0.338 e. The molecule has 98 valence electrons. The molecule has 0 amide bonds. The molecule has 0 bridgehead atoms. The van der Waals surface area contributed by atoms with E-state index in [9.17, 15) is 4.79 Å². The average molecular weight is 248 g/mol. The van der Waals surface area contributed by atoms with Crippen LogP contribution in [-0.4, -0.2) is 25.8 Å². The fourth-order valence-corrected chi connectivity index (χ4v) is 1.32. The second-order valence-electron chi connectivity index (χ2n) is 3.86. The van der Waals surface area contributed by atoms with E-state index in [2.05, 4.69) is 6.92 Å². The number of carbonyl (C=O) groups is 1. The minimum Gasteiger partial charge on any atom is -0.458 e. The van der Waals surface area contributed by atoms with E-state index in [1.807, 2.05) is 24.3 Å². The van der Waals surface area contributed by atoms with Crippen LogP contribution in [0.25, 0.3) is 0 Å². The molecule has 18 heavy (non-hydrogen) atoms. The Morgan fingerprint density at radius 1 is 1.17 bits per heavy atom. The summed E-state index contributed by atoms with van der Waals surface area (Å²) in [4.78, 5) is 11.5. The molecule has 0 fully saturated rings. The van der Waals surface area contributed by atoms with Gasteiger partial charge in [0.2, 0.25) is 0 Å². The van der Waals surface area contributed by atoms with E-state index >= 15 is 0 Å². The number of ether oxygens (including phenoxy) is 2. The highest BCUT2D eigenvalue weighted by Crippen LogP contribution is 2.00. The lowest BCUT2D eigenvalue weighted by atomic mass is 10.2. The third kappa shape index (κ3) is 6.21. The molecule has 1 aromatic rings. The van der Waals surface area contributed by atoms with Crippen LogP contribution >= 0.6 is 0 Å². The topological polar surface area (TPSA) is 35.5 Å². The average Bonchev–Trinajstić information content (AvgIpc) is 2.42. The van der Waals surface area contributed by atoms with Crippen LogP contribution in [0.1, 0.15) is 30.1 Å². The van der Waals surface area contributed by atoms with Gasteiger partial charge in [0.15, 0.2) is 0 Å². The quantitative estimate of drug-likeness (QED) is 0.402. The van der Waals surface area contributed by atoms with Crippen molar-refractivity contribution in [2.24, 2.45) is 0 Å². The van der Waals surface area contributed by atoms with E-state index in [1.54, 1.807) is 18.2 Å². The van der Waals surface area contributed by atoms with E-state index in [1.165, 1.54) is 0 Å². The molecule has 3 nitrogen and oxygen atoms in total.